The van der Waals surface area contributed by atoms with Gasteiger partial charge in [-0.25, -0.2) is 0 Å². The standard InChI is InChI=1S/C23H30OS3/c1-5-17(4)18-11-12-21(24-14-13-16(2)3)20(15-18)22(25)23(26)27-19-9-7-6-8-10-19/h6-12,15-17,25-26H,5,13-14H2,1-4H3. The summed E-state index contributed by atoms with van der Waals surface area (Å²) >= 11 is 11.2. The normalized spacial score (nSPS) is 13.4. The van der Waals surface area contributed by atoms with Crippen LogP contribution in [0.1, 0.15) is 57.6 Å². The van der Waals surface area contributed by atoms with Gasteiger partial charge in [0.1, 0.15) is 5.75 Å². The molecule has 2 rings (SSSR count). The highest BCUT2D eigenvalue weighted by molar-refractivity contribution is 8.17. The first-order chi connectivity index (χ1) is 12.9. The molecule has 0 fully saturated rings. The Morgan fingerprint density at radius 1 is 1.04 bits per heavy atom. The van der Waals surface area contributed by atoms with Crippen molar-refractivity contribution in [1.82, 2.24) is 0 Å². The lowest BCUT2D eigenvalue weighted by Crippen LogP contribution is -2.04. The number of ether oxygens (including phenoxy) is 1. The Bertz CT molecular complexity index is 753. The molecule has 0 saturated carbocycles. The van der Waals surface area contributed by atoms with Gasteiger partial charge in [-0.2, -0.15) is 0 Å². The molecule has 27 heavy (non-hydrogen) atoms. The number of hydrogen-bond donors (Lipinski definition) is 2. The maximum Gasteiger partial charge on any atom is 0.127 e. The average Bonchev–Trinajstić information content (AvgIpc) is 2.67. The van der Waals surface area contributed by atoms with Crippen LogP contribution in [0.2, 0.25) is 0 Å². The molecule has 2 aromatic carbocycles. The Labute approximate surface area is 179 Å². The molecule has 0 amide bonds. The molecule has 0 aliphatic rings. The highest BCUT2D eigenvalue weighted by Crippen LogP contribution is 2.41. The minimum atomic E-state index is 0.500. The zero-order chi connectivity index (χ0) is 19.8. The van der Waals surface area contributed by atoms with E-state index in [-0.39, 0.29) is 0 Å². The van der Waals surface area contributed by atoms with E-state index in [9.17, 15) is 0 Å². The van der Waals surface area contributed by atoms with Gasteiger partial charge < -0.3 is 4.74 Å². The van der Waals surface area contributed by atoms with E-state index in [1.54, 1.807) is 11.8 Å². The van der Waals surface area contributed by atoms with Crippen LogP contribution in [0.25, 0.3) is 4.91 Å². The zero-order valence-electron chi connectivity index (χ0n) is 16.6. The van der Waals surface area contributed by atoms with Crippen LogP contribution in [0, 0.1) is 5.92 Å². The Kier molecular flexibility index (Phi) is 9.20. The van der Waals surface area contributed by atoms with Gasteiger partial charge in [-0.1, -0.05) is 63.7 Å². The lowest BCUT2D eigenvalue weighted by atomic mass is 9.96. The predicted molar refractivity (Wildman–Crippen MR) is 127 cm³/mol. The van der Waals surface area contributed by atoms with E-state index in [4.69, 9.17) is 30.0 Å². The number of rotatable bonds is 9. The highest BCUT2D eigenvalue weighted by atomic mass is 32.2. The topological polar surface area (TPSA) is 9.23 Å². The third-order valence-electron chi connectivity index (χ3n) is 4.55. The second-order valence-corrected chi connectivity index (χ2v) is 9.45. The second kappa shape index (κ2) is 11.1. The van der Waals surface area contributed by atoms with Gasteiger partial charge in [-0.3, -0.25) is 0 Å². The second-order valence-electron chi connectivity index (χ2n) is 7.16. The molecule has 0 aliphatic carbocycles. The maximum absolute atomic E-state index is 6.11. The molecule has 2 aromatic rings. The van der Waals surface area contributed by atoms with E-state index in [1.807, 2.05) is 18.2 Å². The van der Waals surface area contributed by atoms with Gasteiger partial charge in [0.15, 0.2) is 0 Å². The molecule has 0 spiro atoms. The summed E-state index contributed by atoms with van der Waals surface area (Å²) < 4.78 is 6.99. The Morgan fingerprint density at radius 3 is 2.37 bits per heavy atom. The van der Waals surface area contributed by atoms with Crippen LogP contribution in [0.5, 0.6) is 5.75 Å². The van der Waals surface area contributed by atoms with Crippen molar-refractivity contribution in [3.8, 4) is 5.75 Å². The first-order valence-electron chi connectivity index (χ1n) is 9.54. The Balaban J connectivity index is 2.35. The third kappa shape index (κ3) is 6.85. The largest absolute Gasteiger partial charge is 0.493 e. The molecular formula is C23H30OS3. The molecule has 1 atom stereocenters. The fourth-order valence-corrected chi connectivity index (χ4v) is 4.04. The summed E-state index contributed by atoms with van der Waals surface area (Å²) in [6.45, 7) is 9.60. The van der Waals surface area contributed by atoms with Crippen LogP contribution in [0.4, 0.5) is 0 Å². The monoisotopic (exact) mass is 418 g/mol. The average molecular weight is 419 g/mol. The van der Waals surface area contributed by atoms with Crippen molar-refractivity contribution in [2.75, 3.05) is 6.61 Å². The summed E-state index contributed by atoms with van der Waals surface area (Å²) in [4.78, 5) is 2.01. The van der Waals surface area contributed by atoms with Gasteiger partial charge in [-0.15, -0.1) is 25.3 Å². The maximum atomic E-state index is 6.11. The fraction of sp³-hybridized carbons (Fsp3) is 0.391. The molecule has 0 aliphatic heterocycles. The summed E-state index contributed by atoms with van der Waals surface area (Å²) in [6, 6.07) is 16.7. The van der Waals surface area contributed by atoms with Gasteiger partial charge in [-0.05, 0) is 54.5 Å². The molecular weight excluding hydrogens is 388 g/mol. The smallest absolute Gasteiger partial charge is 0.127 e. The molecule has 0 radical (unpaired) electrons. The minimum absolute atomic E-state index is 0.500. The minimum Gasteiger partial charge on any atom is -0.493 e. The van der Waals surface area contributed by atoms with Crippen molar-refractivity contribution in [3.63, 3.8) is 0 Å². The number of hydrogen-bond acceptors (Lipinski definition) is 4. The lowest BCUT2D eigenvalue weighted by molar-refractivity contribution is 0.289. The van der Waals surface area contributed by atoms with Crippen molar-refractivity contribution in [3.05, 3.63) is 63.9 Å². The Morgan fingerprint density at radius 2 is 1.74 bits per heavy atom. The van der Waals surface area contributed by atoms with Crippen LogP contribution < -0.4 is 4.74 Å². The molecule has 146 valence electrons. The number of benzene rings is 2. The van der Waals surface area contributed by atoms with Crippen LogP contribution in [0.3, 0.4) is 0 Å². The van der Waals surface area contributed by atoms with E-state index in [2.05, 4.69) is 58.0 Å². The molecule has 0 bridgehead atoms. The SMILES string of the molecule is CCC(C)c1ccc(OCCC(C)C)c(C(S)=C(S)Sc2ccccc2)c1. The predicted octanol–water partition coefficient (Wildman–Crippen LogP) is 7.90. The van der Waals surface area contributed by atoms with Gasteiger partial charge in [0.2, 0.25) is 0 Å². The summed E-state index contributed by atoms with van der Waals surface area (Å²) in [6.07, 6.45) is 2.13. The van der Waals surface area contributed by atoms with Crippen LogP contribution >= 0.6 is 37.0 Å². The van der Waals surface area contributed by atoms with Crippen molar-refractivity contribution in [1.29, 1.82) is 0 Å². The summed E-state index contributed by atoms with van der Waals surface area (Å²) in [5.74, 6) is 2.00. The molecule has 0 heterocycles. The highest BCUT2D eigenvalue weighted by Gasteiger charge is 2.14. The van der Waals surface area contributed by atoms with Gasteiger partial charge in [0.05, 0.1) is 10.8 Å². The van der Waals surface area contributed by atoms with Gasteiger partial charge in [0, 0.05) is 15.4 Å². The van der Waals surface area contributed by atoms with E-state index in [0.29, 0.717) is 18.4 Å². The van der Waals surface area contributed by atoms with E-state index < -0.39 is 0 Å². The molecule has 1 unspecified atom stereocenters. The first kappa shape index (κ1) is 22.3. The van der Waals surface area contributed by atoms with E-state index >= 15 is 0 Å². The van der Waals surface area contributed by atoms with Gasteiger partial charge >= 0.3 is 0 Å². The molecule has 1 nitrogen and oxygen atoms in total. The van der Waals surface area contributed by atoms with Crippen LogP contribution in [-0.2, 0) is 0 Å². The quantitative estimate of drug-likeness (QED) is 0.316. The van der Waals surface area contributed by atoms with E-state index in [0.717, 1.165) is 38.2 Å². The van der Waals surface area contributed by atoms with Gasteiger partial charge in [0.25, 0.3) is 0 Å². The lowest BCUT2D eigenvalue weighted by Gasteiger charge is -2.17. The number of thioether (sulfide) groups is 1. The third-order valence-corrected chi connectivity index (χ3v) is 6.75. The molecule has 4 heteroatoms. The Hall–Kier alpha value is -0.970. The molecule has 0 saturated heterocycles. The van der Waals surface area contributed by atoms with Crippen molar-refractivity contribution in [2.24, 2.45) is 5.92 Å². The van der Waals surface area contributed by atoms with Crippen LogP contribution in [0.15, 0.2) is 57.7 Å². The van der Waals surface area contributed by atoms with Crippen molar-refractivity contribution < 1.29 is 4.74 Å². The van der Waals surface area contributed by atoms with Crippen molar-refractivity contribution >= 4 is 41.9 Å². The number of thiol groups is 2. The van der Waals surface area contributed by atoms with Crippen LogP contribution in [-0.4, -0.2) is 6.61 Å². The van der Waals surface area contributed by atoms with E-state index in [1.165, 1.54) is 5.56 Å². The van der Waals surface area contributed by atoms with Crippen molar-refractivity contribution in [2.45, 2.75) is 51.3 Å². The molecule has 0 N–H and O–H groups in total. The summed E-state index contributed by atoms with van der Waals surface area (Å²) in [5, 5.41) is 0. The zero-order valence-corrected chi connectivity index (χ0v) is 19.2. The summed E-state index contributed by atoms with van der Waals surface area (Å²) in [5.41, 5.74) is 2.33. The molecule has 0 aromatic heterocycles. The first-order valence-corrected chi connectivity index (χ1v) is 11.3. The summed E-state index contributed by atoms with van der Waals surface area (Å²) in [7, 11) is 0. The fourth-order valence-electron chi connectivity index (χ4n) is 2.57.